The van der Waals surface area contributed by atoms with Crippen LogP contribution in [-0.4, -0.2) is 23.0 Å². The molecule has 0 amide bonds. The van der Waals surface area contributed by atoms with Crippen molar-refractivity contribution in [1.82, 2.24) is 9.78 Å². The number of rotatable bonds is 1. The van der Waals surface area contributed by atoms with E-state index >= 15 is 0 Å². The van der Waals surface area contributed by atoms with Crippen LogP contribution in [0.1, 0.15) is 43.9 Å². The molecule has 7 heteroatoms. The zero-order chi connectivity index (χ0) is 22.4. The summed E-state index contributed by atoms with van der Waals surface area (Å²) in [6, 6.07) is 6.23. The maximum Gasteiger partial charge on any atom is 0.392 e. The summed E-state index contributed by atoms with van der Waals surface area (Å²) >= 11 is 0. The predicted molar refractivity (Wildman–Crippen MR) is 113 cm³/mol. The third kappa shape index (κ3) is 3.73. The topological polar surface area (TPSA) is 43.8 Å². The molecule has 0 saturated heterocycles. The standard InChI is InChI=1S/C23H22F4N2.CH5N/c1-22-12-15-13-28-29(19-7-5-18(24)6-8-19)21(15)11-16(22)3-2-14-10-17(23(25,26)27)4-9-20(14)22;1-2/h5-9,11,13-14,17H,2-4,10,12H2,1H3;2H2,1H3. The van der Waals surface area contributed by atoms with E-state index in [9.17, 15) is 17.6 Å². The van der Waals surface area contributed by atoms with Crippen LogP contribution >= 0.6 is 0 Å². The second-order valence-electron chi connectivity index (χ2n) is 8.73. The minimum Gasteiger partial charge on any atom is -0.333 e. The van der Waals surface area contributed by atoms with Crippen LogP contribution in [0.15, 0.2) is 47.7 Å². The van der Waals surface area contributed by atoms with Crippen molar-refractivity contribution in [1.29, 1.82) is 0 Å². The van der Waals surface area contributed by atoms with Crippen molar-refractivity contribution >= 4 is 6.08 Å². The van der Waals surface area contributed by atoms with Gasteiger partial charge in [0.25, 0.3) is 0 Å². The molecule has 1 aromatic heterocycles. The van der Waals surface area contributed by atoms with Gasteiger partial charge < -0.3 is 5.73 Å². The van der Waals surface area contributed by atoms with Gasteiger partial charge in [-0.15, -0.1) is 0 Å². The van der Waals surface area contributed by atoms with Gasteiger partial charge in [-0.1, -0.05) is 24.1 Å². The van der Waals surface area contributed by atoms with Crippen molar-refractivity contribution < 1.29 is 17.6 Å². The van der Waals surface area contributed by atoms with Crippen molar-refractivity contribution in [3.63, 3.8) is 0 Å². The van der Waals surface area contributed by atoms with Crippen LogP contribution in [0.25, 0.3) is 11.8 Å². The Balaban J connectivity index is 0.00000112. The molecule has 2 aromatic rings. The Hall–Kier alpha value is -2.41. The minimum absolute atomic E-state index is 0.00576. The van der Waals surface area contributed by atoms with Crippen LogP contribution in [0.2, 0.25) is 0 Å². The van der Waals surface area contributed by atoms with Crippen molar-refractivity contribution in [3.8, 4) is 5.69 Å². The highest BCUT2D eigenvalue weighted by atomic mass is 19.4. The molecule has 1 fully saturated rings. The van der Waals surface area contributed by atoms with Gasteiger partial charge in [0.05, 0.1) is 23.5 Å². The second kappa shape index (κ2) is 7.93. The zero-order valence-electron chi connectivity index (χ0n) is 17.7. The molecule has 166 valence electrons. The number of fused-ring (bicyclic) bond motifs is 4. The number of allylic oxidation sites excluding steroid dienone is 3. The molecule has 1 heterocycles. The van der Waals surface area contributed by atoms with Gasteiger partial charge in [-0.3, -0.25) is 0 Å². The predicted octanol–water partition coefficient (Wildman–Crippen LogP) is 5.84. The Labute approximate surface area is 179 Å². The number of alkyl halides is 3. The van der Waals surface area contributed by atoms with Gasteiger partial charge in [0.2, 0.25) is 0 Å². The Bertz CT molecular complexity index is 1020. The molecule has 0 bridgehead atoms. The first-order valence-corrected chi connectivity index (χ1v) is 10.6. The van der Waals surface area contributed by atoms with E-state index in [4.69, 9.17) is 0 Å². The van der Waals surface area contributed by atoms with E-state index in [1.54, 1.807) is 12.1 Å². The number of hydrogen-bond donors (Lipinski definition) is 1. The van der Waals surface area contributed by atoms with E-state index in [2.05, 4.69) is 23.8 Å². The molecule has 3 nitrogen and oxygen atoms in total. The average Bonchev–Trinajstić information content (AvgIpc) is 3.15. The molecule has 1 saturated carbocycles. The summed E-state index contributed by atoms with van der Waals surface area (Å²) in [5.41, 5.74) is 9.58. The number of aromatic nitrogens is 2. The molecular weight excluding hydrogens is 406 g/mol. The van der Waals surface area contributed by atoms with E-state index in [1.165, 1.54) is 30.3 Å². The second-order valence-corrected chi connectivity index (χ2v) is 8.73. The molecule has 3 aliphatic rings. The van der Waals surface area contributed by atoms with Crippen molar-refractivity contribution in [2.45, 2.75) is 45.2 Å². The van der Waals surface area contributed by atoms with Crippen LogP contribution in [0.5, 0.6) is 0 Å². The van der Waals surface area contributed by atoms with Crippen molar-refractivity contribution in [2.75, 3.05) is 7.05 Å². The van der Waals surface area contributed by atoms with Gasteiger partial charge >= 0.3 is 6.18 Å². The fourth-order valence-electron chi connectivity index (χ4n) is 5.47. The Morgan fingerprint density at radius 2 is 1.87 bits per heavy atom. The number of nitrogens with two attached hydrogens (primary N) is 1. The monoisotopic (exact) mass is 433 g/mol. The SMILES string of the molecule is CC12Cc3cnn(-c4ccc(F)cc4)c3C=C1CCC1CC(C(F)(F)F)CC=C12.CN. The lowest BCUT2D eigenvalue weighted by atomic mass is 9.56. The zero-order valence-corrected chi connectivity index (χ0v) is 17.7. The highest BCUT2D eigenvalue weighted by molar-refractivity contribution is 5.63. The van der Waals surface area contributed by atoms with Crippen LogP contribution in [-0.2, 0) is 6.42 Å². The fraction of sp³-hybridized carbons (Fsp3) is 0.458. The lowest BCUT2D eigenvalue weighted by Gasteiger charge is -2.48. The summed E-state index contributed by atoms with van der Waals surface area (Å²) in [6.07, 6.45) is 4.35. The first-order valence-electron chi connectivity index (χ1n) is 10.6. The quantitative estimate of drug-likeness (QED) is 0.454. The number of benzene rings is 1. The molecule has 5 rings (SSSR count). The number of nitrogens with zero attached hydrogens (tertiary/aromatic N) is 2. The maximum atomic E-state index is 13.3. The van der Waals surface area contributed by atoms with Crippen LogP contribution in [0, 0.1) is 23.1 Å². The Morgan fingerprint density at radius 1 is 1.16 bits per heavy atom. The molecule has 0 aliphatic heterocycles. The molecule has 2 N–H and O–H groups in total. The molecule has 0 spiro atoms. The highest BCUT2D eigenvalue weighted by Gasteiger charge is 2.49. The molecule has 31 heavy (non-hydrogen) atoms. The average molecular weight is 433 g/mol. The normalized spacial score (nSPS) is 27.1. The van der Waals surface area contributed by atoms with E-state index in [0.29, 0.717) is 0 Å². The van der Waals surface area contributed by atoms with Gasteiger partial charge in [0, 0.05) is 5.41 Å². The number of hydrogen-bond acceptors (Lipinski definition) is 2. The largest absolute Gasteiger partial charge is 0.392 e. The summed E-state index contributed by atoms with van der Waals surface area (Å²) < 4.78 is 54.8. The van der Waals surface area contributed by atoms with Crippen molar-refractivity contribution in [3.05, 3.63) is 64.8 Å². The van der Waals surface area contributed by atoms with Crippen molar-refractivity contribution in [2.24, 2.45) is 23.0 Å². The molecule has 0 radical (unpaired) electrons. The van der Waals surface area contributed by atoms with Crippen LogP contribution in [0.3, 0.4) is 0 Å². The van der Waals surface area contributed by atoms with Gasteiger partial charge in [-0.2, -0.15) is 18.3 Å². The third-order valence-corrected chi connectivity index (χ3v) is 7.01. The van der Waals surface area contributed by atoms with Crippen LogP contribution < -0.4 is 5.73 Å². The van der Waals surface area contributed by atoms with E-state index in [-0.39, 0.29) is 30.0 Å². The lowest BCUT2D eigenvalue weighted by molar-refractivity contribution is -0.179. The van der Waals surface area contributed by atoms with Crippen LogP contribution in [0.4, 0.5) is 17.6 Å². The van der Waals surface area contributed by atoms with Gasteiger partial charge in [-0.05, 0) is 81.0 Å². The first-order chi connectivity index (χ1) is 14.8. The lowest BCUT2D eigenvalue weighted by Crippen LogP contribution is -2.39. The highest BCUT2D eigenvalue weighted by Crippen LogP contribution is 2.56. The maximum absolute atomic E-state index is 13.3. The molecular formula is C24H27F4N3. The Morgan fingerprint density at radius 3 is 2.55 bits per heavy atom. The minimum atomic E-state index is -4.12. The summed E-state index contributed by atoms with van der Waals surface area (Å²) in [5.74, 6) is -1.50. The molecule has 3 atom stereocenters. The fourth-order valence-corrected chi connectivity index (χ4v) is 5.47. The smallest absolute Gasteiger partial charge is 0.333 e. The summed E-state index contributed by atoms with van der Waals surface area (Å²) in [7, 11) is 1.50. The Kier molecular flexibility index (Phi) is 5.58. The summed E-state index contributed by atoms with van der Waals surface area (Å²) in [4.78, 5) is 0. The number of halogens is 4. The van der Waals surface area contributed by atoms with E-state index in [0.717, 1.165) is 36.2 Å². The molecule has 1 aromatic carbocycles. The first kappa shape index (κ1) is 21.8. The van der Waals surface area contributed by atoms with Gasteiger partial charge in [0.15, 0.2) is 0 Å². The summed E-state index contributed by atoms with van der Waals surface area (Å²) in [6.45, 7) is 2.17. The van der Waals surface area contributed by atoms with Gasteiger partial charge in [0.1, 0.15) is 5.82 Å². The third-order valence-electron chi connectivity index (χ3n) is 7.01. The molecule has 3 unspecified atom stereocenters. The van der Waals surface area contributed by atoms with Gasteiger partial charge in [-0.25, -0.2) is 9.07 Å². The summed E-state index contributed by atoms with van der Waals surface area (Å²) in [5, 5.41) is 4.52. The molecule has 3 aliphatic carbocycles. The van der Waals surface area contributed by atoms with E-state index < -0.39 is 12.1 Å². The van der Waals surface area contributed by atoms with E-state index in [1.807, 2.05) is 17.0 Å².